The third-order valence-electron chi connectivity index (χ3n) is 3.98. The van der Waals surface area contributed by atoms with E-state index in [0.29, 0.717) is 13.0 Å². The first kappa shape index (κ1) is 15.5. The number of carboxylic acid groups (broad SMARTS) is 1. The molecule has 1 aromatic rings. The van der Waals surface area contributed by atoms with E-state index >= 15 is 0 Å². The summed E-state index contributed by atoms with van der Waals surface area (Å²) in [7, 11) is 0. The highest BCUT2D eigenvalue weighted by Crippen LogP contribution is 2.23. The largest absolute Gasteiger partial charge is 0.481 e. The van der Waals surface area contributed by atoms with Gasteiger partial charge in [-0.2, -0.15) is 5.26 Å². The Morgan fingerprint density at radius 1 is 1.48 bits per heavy atom. The molecule has 112 valence electrons. The second kappa shape index (κ2) is 7.19. The molecular formula is C16H19FN2O2. The Labute approximate surface area is 123 Å². The second-order valence-electron chi connectivity index (χ2n) is 5.48. The summed E-state index contributed by atoms with van der Waals surface area (Å²) in [5.74, 6) is -1.27. The van der Waals surface area contributed by atoms with Crippen LogP contribution in [0.25, 0.3) is 0 Å². The van der Waals surface area contributed by atoms with Gasteiger partial charge >= 0.3 is 5.97 Å². The van der Waals surface area contributed by atoms with Crippen molar-refractivity contribution in [3.05, 3.63) is 35.1 Å². The summed E-state index contributed by atoms with van der Waals surface area (Å²) in [6.07, 6.45) is 4.03. The van der Waals surface area contributed by atoms with Crippen LogP contribution in [0.3, 0.4) is 0 Å². The van der Waals surface area contributed by atoms with E-state index in [1.54, 1.807) is 12.1 Å². The van der Waals surface area contributed by atoms with E-state index in [2.05, 4.69) is 4.90 Å². The number of likely N-dealkylation sites (tertiary alicyclic amines) is 1. The maximum atomic E-state index is 13.3. The van der Waals surface area contributed by atoms with Gasteiger partial charge in [0.15, 0.2) is 0 Å². The fourth-order valence-electron chi connectivity index (χ4n) is 2.88. The Bertz CT molecular complexity index is 554. The van der Waals surface area contributed by atoms with Gasteiger partial charge in [0, 0.05) is 19.0 Å². The Morgan fingerprint density at radius 3 is 3.00 bits per heavy atom. The molecule has 0 aliphatic carbocycles. The third kappa shape index (κ3) is 4.27. The molecule has 1 saturated heterocycles. The van der Waals surface area contributed by atoms with Crippen LogP contribution in [0.4, 0.5) is 4.39 Å². The molecule has 0 amide bonds. The zero-order chi connectivity index (χ0) is 15.2. The van der Waals surface area contributed by atoms with Gasteiger partial charge in [-0.1, -0.05) is 12.5 Å². The zero-order valence-electron chi connectivity index (χ0n) is 11.9. The number of carboxylic acids is 1. The van der Waals surface area contributed by atoms with Crippen molar-refractivity contribution in [3.8, 4) is 6.07 Å². The molecule has 0 bridgehead atoms. The van der Waals surface area contributed by atoms with E-state index in [4.69, 9.17) is 10.4 Å². The lowest BCUT2D eigenvalue weighted by Gasteiger charge is -2.35. The molecule has 1 N–H and O–H groups in total. The molecule has 4 nitrogen and oxygen atoms in total. The highest BCUT2D eigenvalue weighted by Gasteiger charge is 2.23. The number of halogens is 1. The lowest BCUT2D eigenvalue weighted by Crippen LogP contribution is -2.39. The Morgan fingerprint density at radius 2 is 2.29 bits per heavy atom. The van der Waals surface area contributed by atoms with Gasteiger partial charge in [0.25, 0.3) is 0 Å². The van der Waals surface area contributed by atoms with E-state index in [1.807, 2.05) is 6.07 Å². The summed E-state index contributed by atoms with van der Waals surface area (Å²) in [4.78, 5) is 13.0. The third-order valence-corrected chi connectivity index (χ3v) is 3.98. The van der Waals surface area contributed by atoms with Gasteiger partial charge in [0.1, 0.15) is 11.9 Å². The first-order valence-corrected chi connectivity index (χ1v) is 7.24. The monoisotopic (exact) mass is 290 g/mol. The van der Waals surface area contributed by atoms with Gasteiger partial charge in [0.05, 0.1) is 5.56 Å². The molecule has 1 heterocycles. The summed E-state index contributed by atoms with van der Waals surface area (Å²) >= 11 is 0. The molecule has 1 aliphatic heterocycles. The van der Waals surface area contributed by atoms with Gasteiger partial charge < -0.3 is 5.11 Å². The summed E-state index contributed by atoms with van der Waals surface area (Å²) in [6.45, 7) is 1.56. The van der Waals surface area contributed by atoms with Gasteiger partial charge in [-0.3, -0.25) is 9.69 Å². The van der Waals surface area contributed by atoms with Crippen LogP contribution >= 0.6 is 0 Å². The molecule has 1 aromatic carbocycles. The number of hydrogen-bond donors (Lipinski definition) is 1. The highest BCUT2D eigenvalue weighted by atomic mass is 19.1. The number of piperidine rings is 1. The van der Waals surface area contributed by atoms with Crippen molar-refractivity contribution in [2.24, 2.45) is 0 Å². The number of carbonyl (C=O) groups is 1. The minimum Gasteiger partial charge on any atom is -0.481 e. The van der Waals surface area contributed by atoms with Crippen molar-refractivity contribution in [2.75, 3.05) is 6.54 Å². The van der Waals surface area contributed by atoms with E-state index in [1.165, 1.54) is 6.07 Å². The topological polar surface area (TPSA) is 64.3 Å². The van der Waals surface area contributed by atoms with Crippen LogP contribution in [-0.2, 0) is 11.3 Å². The van der Waals surface area contributed by atoms with Crippen LogP contribution in [0.5, 0.6) is 0 Å². The van der Waals surface area contributed by atoms with Crippen molar-refractivity contribution in [1.29, 1.82) is 5.26 Å². The standard InChI is InChI=1S/C16H19FN2O2/c17-15-6-4-12(9-13(15)10-18)11-19-8-2-1-3-14(19)5-7-16(20)21/h4,6,9,14H,1-3,5,7-8,11H2,(H,20,21). The normalized spacial score (nSPS) is 19.1. The smallest absolute Gasteiger partial charge is 0.303 e. The molecule has 0 aromatic heterocycles. The number of nitrogens with zero attached hydrogens (tertiary/aromatic N) is 2. The van der Waals surface area contributed by atoms with Crippen LogP contribution in [0.1, 0.15) is 43.2 Å². The Hall–Kier alpha value is -1.93. The molecular weight excluding hydrogens is 271 g/mol. The first-order chi connectivity index (χ1) is 10.1. The molecule has 0 spiro atoms. The van der Waals surface area contributed by atoms with Crippen LogP contribution in [0, 0.1) is 17.1 Å². The number of benzene rings is 1. The van der Waals surface area contributed by atoms with Gasteiger partial charge in [-0.15, -0.1) is 0 Å². The predicted octanol–water partition coefficient (Wildman–Crippen LogP) is 2.92. The summed E-state index contributed by atoms with van der Waals surface area (Å²) in [5, 5.41) is 17.7. The van der Waals surface area contributed by atoms with Gasteiger partial charge in [-0.05, 0) is 43.5 Å². The minimum absolute atomic E-state index is 0.0617. The van der Waals surface area contributed by atoms with E-state index < -0.39 is 11.8 Å². The molecule has 1 aliphatic rings. The van der Waals surface area contributed by atoms with Crippen molar-refractivity contribution in [3.63, 3.8) is 0 Å². The maximum absolute atomic E-state index is 13.3. The quantitative estimate of drug-likeness (QED) is 0.905. The SMILES string of the molecule is N#Cc1cc(CN2CCCCC2CCC(=O)O)ccc1F. The fourth-order valence-corrected chi connectivity index (χ4v) is 2.88. The lowest BCUT2D eigenvalue weighted by atomic mass is 9.97. The molecule has 5 heteroatoms. The molecule has 2 rings (SSSR count). The van der Waals surface area contributed by atoms with Gasteiger partial charge in [-0.25, -0.2) is 4.39 Å². The Balaban J connectivity index is 2.05. The highest BCUT2D eigenvalue weighted by molar-refractivity contribution is 5.66. The second-order valence-corrected chi connectivity index (χ2v) is 5.48. The Kier molecular flexibility index (Phi) is 5.29. The summed E-state index contributed by atoms with van der Waals surface area (Å²) in [6, 6.07) is 6.71. The average Bonchev–Trinajstić information content (AvgIpc) is 2.48. The molecule has 0 saturated carbocycles. The molecule has 21 heavy (non-hydrogen) atoms. The van der Waals surface area contributed by atoms with Gasteiger partial charge in [0.2, 0.25) is 0 Å². The van der Waals surface area contributed by atoms with Crippen LogP contribution in [0.15, 0.2) is 18.2 Å². The van der Waals surface area contributed by atoms with Crippen LogP contribution in [0.2, 0.25) is 0 Å². The summed E-state index contributed by atoms with van der Waals surface area (Å²) < 4.78 is 13.3. The van der Waals surface area contributed by atoms with Crippen molar-refractivity contribution < 1.29 is 14.3 Å². The molecule has 1 atom stereocenters. The van der Waals surface area contributed by atoms with Crippen molar-refractivity contribution >= 4 is 5.97 Å². The number of aliphatic carboxylic acids is 1. The number of nitriles is 1. The number of rotatable bonds is 5. The van der Waals surface area contributed by atoms with Crippen molar-refractivity contribution in [1.82, 2.24) is 4.90 Å². The zero-order valence-corrected chi connectivity index (χ0v) is 11.9. The van der Waals surface area contributed by atoms with Crippen molar-refractivity contribution in [2.45, 2.75) is 44.7 Å². The maximum Gasteiger partial charge on any atom is 0.303 e. The summed E-state index contributed by atoms with van der Waals surface area (Å²) in [5.41, 5.74) is 0.960. The molecule has 0 radical (unpaired) electrons. The van der Waals surface area contributed by atoms with E-state index in [-0.39, 0.29) is 18.0 Å². The molecule has 1 unspecified atom stereocenters. The van der Waals surface area contributed by atoms with Crippen LogP contribution in [-0.4, -0.2) is 28.6 Å². The average molecular weight is 290 g/mol. The van der Waals surface area contributed by atoms with Crippen LogP contribution < -0.4 is 0 Å². The first-order valence-electron chi connectivity index (χ1n) is 7.24. The minimum atomic E-state index is -0.769. The van der Waals surface area contributed by atoms with E-state index in [9.17, 15) is 9.18 Å². The molecule has 1 fully saturated rings. The van der Waals surface area contributed by atoms with E-state index in [0.717, 1.165) is 31.4 Å². The lowest BCUT2D eigenvalue weighted by molar-refractivity contribution is -0.137. The predicted molar refractivity (Wildman–Crippen MR) is 76.0 cm³/mol. The number of hydrogen-bond acceptors (Lipinski definition) is 3. The fraction of sp³-hybridized carbons (Fsp3) is 0.500.